The van der Waals surface area contributed by atoms with Crippen molar-refractivity contribution in [2.75, 3.05) is 0 Å². The third-order valence-electron chi connectivity index (χ3n) is 2.53. The number of hydrogen-bond donors (Lipinski definition) is 6. The van der Waals surface area contributed by atoms with Crippen LogP contribution in [0, 0.1) is 5.92 Å². The van der Waals surface area contributed by atoms with Gasteiger partial charge in [-0.1, -0.05) is 13.8 Å². The van der Waals surface area contributed by atoms with Crippen molar-refractivity contribution in [1.29, 1.82) is 0 Å². The maximum atomic E-state index is 11.6. The predicted molar refractivity (Wildman–Crippen MR) is 91.7 cm³/mol. The Hall–Kier alpha value is -3.27. The van der Waals surface area contributed by atoms with Crippen molar-refractivity contribution in [2.24, 2.45) is 22.4 Å². The highest BCUT2D eigenvalue weighted by atomic mass is 19.4. The van der Waals surface area contributed by atoms with Gasteiger partial charge >= 0.3 is 30.3 Å². The molecule has 11 nitrogen and oxygen atoms in total. The van der Waals surface area contributed by atoms with Gasteiger partial charge in [0.15, 0.2) is 5.96 Å². The number of halogens is 6. The molecule has 0 saturated carbocycles. The molecule has 2 atom stereocenters. The largest absolute Gasteiger partial charge is 0.490 e. The van der Waals surface area contributed by atoms with Gasteiger partial charge in [0.1, 0.15) is 12.1 Å². The van der Waals surface area contributed by atoms with E-state index in [1.165, 1.54) is 6.92 Å². The third-order valence-corrected chi connectivity index (χ3v) is 2.53. The summed E-state index contributed by atoms with van der Waals surface area (Å²) < 4.78 is 63.5. The van der Waals surface area contributed by atoms with Crippen molar-refractivity contribution in [3.8, 4) is 0 Å². The summed E-state index contributed by atoms with van der Waals surface area (Å²) in [6.45, 7) is 5.24. The average molecular weight is 472 g/mol. The Morgan fingerprint density at radius 1 is 0.871 bits per heavy atom. The molecule has 0 aliphatic heterocycles. The zero-order valence-electron chi connectivity index (χ0n) is 16.3. The average Bonchev–Trinajstić information content (AvgIpc) is 2.52. The molecular formula is C14H22F6N4O7. The maximum Gasteiger partial charge on any atom is 0.490 e. The van der Waals surface area contributed by atoms with E-state index < -0.39 is 48.3 Å². The number of nitrogens with one attached hydrogen (secondary N) is 1. The van der Waals surface area contributed by atoms with E-state index in [9.17, 15) is 35.9 Å². The first-order valence-electron chi connectivity index (χ1n) is 7.84. The lowest BCUT2D eigenvalue weighted by Crippen LogP contribution is -2.45. The first-order valence-corrected chi connectivity index (χ1v) is 7.84. The van der Waals surface area contributed by atoms with E-state index >= 15 is 0 Å². The molecule has 0 fully saturated rings. The van der Waals surface area contributed by atoms with Crippen molar-refractivity contribution >= 4 is 29.8 Å². The van der Waals surface area contributed by atoms with Crippen LogP contribution < -0.4 is 16.8 Å². The molecule has 31 heavy (non-hydrogen) atoms. The maximum absolute atomic E-state index is 11.6. The molecule has 0 radical (unpaired) electrons. The highest BCUT2D eigenvalue weighted by Gasteiger charge is 2.38. The van der Waals surface area contributed by atoms with Gasteiger partial charge in [0, 0.05) is 0 Å². The van der Waals surface area contributed by atoms with Crippen LogP contribution in [0.2, 0.25) is 0 Å². The summed E-state index contributed by atoms with van der Waals surface area (Å²) in [6, 6.07) is -1.71. The predicted octanol–water partition coefficient (Wildman–Crippen LogP) is 0.530. The molecule has 0 bridgehead atoms. The van der Waals surface area contributed by atoms with E-state index in [2.05, 4.69) is 10.3 Å². The lowest BCUT2D eigenvalue weighted by atomic mass is 10.0. The van der Waals surface area contributed by atoms with Gasteiger partial charge in [0.2, 0.25) is 5.91 Å². The number of rotatable bonds is 6. The molecule has 0 aromatic heterocycles. The summed E-state index contributed by atoms with van der Waals surface area (Å²) in [7, 11) is 0. The molecule has 0 spiro atoms. The number of carboxylic acids is 3. The minimum Gasteiger partial charge on any atom is -0.480 e. The van der Waals surface area contributed by atoms with Crippen LogP contribution in [-0.2, 0) is 19.2 Å². The number of carbonyl (C=O) groups is 4. The van der Waals surface area contributed by atoms with Crippen LogP contribution >= 0.6 is 0 Å². The third kappa shape index (κ3) is 19.8. The molecule has 17 heteroatoms. The Morgan fingerprint density at radius 3 is 1.39 bits per heavy atom. The number of guanidine groups is 1. The molecule has 0 aliphatic rings. The monoisotopic (exact) mass is 472 g/mol. The lowest BCUT2D eigenvalue weighted by molar-refractivity contribution is -0.193. The first kappa shape index (κ1) is 32.4. The van der Waals surface area contributed by atoms with Gasteiger partial charge in [-0.05, 0) is 19.3 Å². The minimum absolute atomic E-state index is 0.162. The van der Waals surface area contributed by atoms with Gasteiger partial charge in [-0.15, -0.1) is 0 Å². The number of nitrogens with zero attached hydrogens (tertiary/aromatic N) is 1. The number of alkyl halides is 6. The SMILES string of the molecule is CC(C)C[C@H](NC(=O)[C@H](C)N=C(N)N)C(=O)O.O=C(O)C(F)(F)F.O=C(O)C(F)(F)F. The fourth-order valence-corrected chi connectivity index (χ4v) is 1.27. The molecule has 182 valence electrons. The zero-order chi connectivity index (χ0) is 25.7. The number of amides is 1. The summed E-state index contributed by atoms with van der Waals surface area (Å²) in [5.41, 5.74) is 10.3. The van der Waals surface area contributed by atoms with Crippen molar-refractivity contribution in [3.63, 3.8) is 0 Å². The molecule has 0 unspecified atom stereocenters. The second-order valence-corrected chi connectivity index (χ2v) is 5.86. The minimum atomic E-state index is -5.08. The van der Waals surface area contributed by atoms with Crippen molar-refractivity contribution in [3.05, 3.63) is 0 Å². The number of aliphatic carboxylic acids is 3. The van der Waals surface area contributed by atoms with Gasteiger partial charge in [0.25, 0.3) is 0 Å². The molecule has 0 aliphatic carbocycles. The molecule has 0 heterocycles. The van der Waals surface area contributed by atoms with Crippen molar-refractivity contribution in [2.45, 2.75) is 51.6 Å². The van der Waals surface area contributed by atoms with E-state index in [-0.39, 0.29) is 11.9 Å². The lowest BCUT2D eigenvalue weighted by Gasteiger charge is -2.17. The normalized spacial score (nSPS) is 12.7. The molecule has 0 aromatic carbocycles. The Labute approximate surface area is 171 Å². The van der Waals surface area contributed by atoms with E-state index in [0.717, 1.165) is 0 Å². The molecule has 0 saturated heterocycles. The van der Waals surface area contributed by atoms with Crippen LogP contribution in [0.3, 0.4) is 0 Å². The summed E-state index contributed by atoms with van der Waals surface area (Å²) in [4.78, 5) is 43.9. The molecule has 0 rings (SSSR count). The number of nitrogens with two attached hydrogens (primary N) is 2. The Morgan fingerprint density at radius 2 is 1.19 bits per heavy atom. The van der Waals surface area contributed by atoms with Crippen LogP contribution in [-0.4, -0.2) is 69.5 Å². The smallest absolute Gasteiger partial charge is 0.480 e. The Bertz CT molecular complexity index is 622. The number of carboxylic acid groups (broad SMARTS) is 3. The van der Waals surface area contributed by atoms with Crippen LogP contribution in [0.4, 0.5) is 26.3 Å². The van der Waals surface area contributed by atoms with E-state index in [0.29, 0.717) is 6.42 Å². The van der Waals surface area contributed by atoms with Crippen LogP contribution in [0.15, 0.2) is 4.99 Å². The van der Waals surface area contributed by atoms with Gasteiger partial charge in [-0.3, -0.25) is 4.79 Å². The second-order valence-electron chi connectivity index (χ2n) is 5.86. The quantitative estimate of drug-likeness (QED) is 0.181. The fraction of sp³-hybridized carbons (Fsp3) is 0.643. The first-order chi connectivity index (χ1) is 13.6. The van der Waals surface area contributed by atoms with E-state index in [4.69, 9.17) is 36.4 Å². The summed E-state index contributed by atoms with van der Waals surface area (Å²) in [5, 5.41) is 25.6. The topological polar surface area (TPSA) is 205 Å². The summed E-state index contributed by atoms with van der Waals surface area (Å²) in [5.74, 6) is -7.13. The highest BCUT2D eigenvalue weighted by molar-refractivity contribution is 5.89. The summed E-state index contributed by atoms with van der Waals surface area (Å²) >= 11 is 0. The Kier molecular flexibility index (Phi) is 14.5. The molecule has 0 aromatic rings. The fourth-order valence-electron chi connectivity index (χ4n) is 1.27. The number of hydrogen-bond acceptors (Lipinski definition) is 5. The van der Waals surface area contributed by atoms with Crippen LogP contribution in [0.5, 0.6) is 0 Å². The van der Waals surface area contributed by atoms with Crippen molar-refractivity contribution < 1.29 is 60.8 Å². The highest BCUT2D eigenvalue weighted by Crippen LogP contribution is 2.13. The van der Waals surface area contributed by atoms with Gasteiger partial charge in [-0.2, -0.15) is 26.3 Å². The molecular weight excluding hydrogens is 450 g/mol. The Balaban J connectivity index is -0.000000460. The number of aliphatic imine (C=N–C) groups is 1. The van der Waals surface area contributed by atoms with Crippen molar-refractivity contribution in [1.82, 2.24) is 5.32 Å². The standard InChI is InChI=1S/C10H20N4O3.2C2HF3O2/c1-5(2)4-7(9(16)17)14-8(15)6(3)13-10(11)12;2*3-2(4,5)1(6)7/h5-7H,4H2,1-3H3,(H,14,15)(H,16,17)(H4,11,12,13);2*(H,6,7)/t6-,7-;;/m0../s1. The van der Waals surface area contributed by atoms with Crippen LogP contribution in [0.1, 0.15) is 27.2 Å². The summed E-state index contributed by atoms with van der Waals surface area (Å²) in [6.07, 6.45) is -9.81. The van der Waals surface area contributed by atoms with Gasteiger partial charge in [-0.25, -0.2) is 19.4 Å². The van der Waals surface area contributed by atoms with Crippen LogP contribution in [0.25, 0.3) is 0 Å². The molecule has 1 amide bonds. The molecule has 8 N–H and O–H groups in total. The van der Waals surface area contributed by atoms with E-state index in [1.807, 2.05) is 13.8 Å². The number of carbonyl (C=O) groups excluding carboxylic acids is 1. The second kappa shape index (κ2) is 13.9. The van der Waals surface area contributed by atoms with E-state index in [1.54, 1.807) is 0 Å². The van der Waals surface area contributed by atoms with Gasteiger partial charge < -0.3 is 32.1 Å². The van der Waals surface area contributed by atoms with Gasteiger partial charge in [0.05, 0.1) is 0 Å². The zero-order valence-corrected chi connectivity index (χ0v) is 16.3.